The largest absolute Gasteiger partial charge is 0.431 e. The Morgan fingerprint density at radius 2 is 1.80 bits per heavy atom. The average molecular weight is 217 g/mol. The normalized spacial score (nSPS) is 12.3. The predicted octanol–water partition coefficient (Wildman–Crippen LogP) is 3.34. The van der Waals surface area contributed by atoms with Gasteiger partial charge in [-0.25, -0.2) is 4.39 Å². The van der Waals surface area contributed by atoms with Gasteiger partial charge in [0.15, 0.2) is 0 Å². The standard InChI is InChI=1S/C10H7F4N/c1-15-8-5-7(11)3-2-6(8)4-9(15)10(12,13)14/h2-5H,1H3. The molecule has 0 fully saturated rings. The summed E-state index contributed by atoms with van der Waals surface area (Å²) in [5.74, 6) is -0.544. The highest BCUT2D eigenvalue weighted by molar-refractivity contribution is 5.81. The van der Waals surface area contributed by atoms with Crippen molar-refractivity contribution in [1.82, 2.24) is 4.57 Å². The van der Waals surface area contributed by atoms with Crippen molar-refractivity contribution in [2.75, 3.05) is 0 Å². The summed E-state index contributed by atoms with van der Waals surface area (Å²) in [6.07, 6.45) is -4.41. The molecule has 15 heavy (non-hydrogen) atoms. The van der Waals surface area contributed by atoms with Crippen LogP contribution in [0.15, 0.2) is 24.3 Å². The van der Waals surface area contributed by atoms with Crippen molar-refractivity contribution in [3.05, 3.63) is 35.8 Å². The number of hydrogen-bond acceptors (Lipinski definition) is 0. The summed E-state index contributed by atoms with van der Waals surface area (Å²) in [5, 5.41) is 0.381. The fraction of sp³-hybridized carbons (Fsp3) is 0.200. The average Bonchev–Trinajstić information content (AvgIpc) is 2.43. The topological polar surface area (TPSA) is 4.93 Å². The molecule has 0 radical (unpaired) electrons. The van der Waals surface area contributed by atoms with Crippen LogP contribution in [0.1, 0.15) is 5.69 Å². The summed E-state index contributed by atoms with van der Waals surface area (Å²) in [7, 11) is 1.27. The maximum atomic E-state index is 12.8. The molecule has 1 nitrogen and oxygen atoms in total. The van der Waals surface area contributed by atoms with Crippen LogP contribution in [-0.4, -0.2) is 4.57 Å². The van der Waals surface area contributed by atoms with Crippen LogP contribution in [0.5, 0.6) is 0 Å². The van der Waals surface area contributed by atoms with Crippen LogP contribution in [0.3, 0.4) is 0 Å². The van der Waals surface area contributed by atoms with Crippen molar-refractivity contribution < 1.29 is 17.6 Å². The summed E-state index contributed by atoms with van der Waals surface area (Å²) >= 11 is 0. The van der Waals surface area contributed by atoms with Crippen LogP contribution in [0.4, 0.5) is 17.6 Å². The third-order valence-corrected chi connectivity index (χ3v) is 2.30. The molecule has 0 bridgehead atoms. The van der Waals surface area contributed by atoms with E-state index in [1.165, 1.54) is 13.1 Å². The molecule has 1 heterocycles. The highest BCUT2D eigenvalue weighted by Gasteiger charge is 2.34. The highest BCUT2D eigenvalue weighted by Crippen LogP contribution is 2.33. The minimum atomic E-state index is -4.41. The van der Waals surface area contributed by atoms with Crippen LogP contribution >= 0.6 is 0 Å². The van der Waals surface area contributed by atoms with Crippen molar-refractivity contribution in [1.29, 1.82) is 0 Å². The smallest absolute Gasteiger partial charge is 0.340 e. The maximum absolute atomic E-state index is 12.8. The molecule has 0 aliphatic rings. The first-order valence-electron chi connectivity index (χ1n) is 4.22. The van der Waals surface area contributed by atoms with E-state index < -0.39 is 17.7 Å². The minimum absolute atomic E-state index is 0.238. The van der Waals surface area contributed by atoms with Crippen LogP contribution in [-0.2, 0) is 13.2 Å². The van der Waals surface area contributed by atoms with E-state index in [0.29, 0.717) is 5.39 Å². The van der Waals surface area contributed by atoms with E-state index in [2.05, 4.69) is 0 Å². The Bertz CT molecular complexity index is 510. The van der Waals surface area contributed by atoms with E-state index in [1.807, 2.05) is 0 Å². The maximum Gasteiger partial charge on any atom is 0.431 e. The summed E-state index contributed by atoms with van der Waals surface area (Å²) in [5.41, 5.74) is -0.537. The molecule has 0 saturated carbocycles. The number of benzene rings is 1. The number of fused-ring (bicyclic) bond motifs is 1. The van der Waals surface area contributed by atoms with Gasteiger partial charge in [-0.3, -0.25) is 0 Å². The second kappa shape index (κ2) is 2.98. The lowest BCUT2D eigenvalue weighted by molar-refractivity contribution is -0.142. The predicted molar refractivity (Wildman–Crippen MR) is 47.9 cm³/mol. The number of aryl methyl sites for hydroxylation is 1. The highest BCUT2D eigenvalue weighted by atomic mass is 19.4. The Labute approximate surface area is 82.9 Å². The van der Waals surface area contributed by atoms with Gasteiger partial charge in [0.25, 0.3) is 0 Å². The molecule has 80 valence electrons. The SMILES string of the molecule is Cn1c(C(F)(F)F)cc2ccc(F)cc21. The number of halogens is 4. The van der Waals surface area contributed by atoms with Crippen molar-refractivity contribution in [2.45, 2.75) is 6.18 Å². The van der Waals surface area contributed by atoms with E-state index in [-0.39, 0.29) is 5.52 Å². The van der Waals surface area contributed by atoms with E-state index in [1.54, 1.807) is 0 Å². The van der Waals surface area contributed by atoms with E-state index in [0.717, 1.165) is 22.8 Å². The van der Waals surface area contributed by atoms with Gasteiger partial charge in [-0.15, -0.1) is 0 Å². The molecule has 2 rings (SSSR count). The lowest BCUT2D eigenvalue weighted by Gasteiger charge is -2.07. The Hall–Kier alpha value is -1.52. The van der Waals surface area contributed by atoms with E-state index in [9.17, 15) is 17.6 Å². The van der Waals surface area contributed by atoms with Crippen LogP contribution < -0.4 is 0 Å². The number of hydrogen-bond donors (Lipinski definition) is 0. The monoisotopic (exact) mass is 217 g/mol. The molecule has 0 amide bonds. The lowest BCUT2D eigenvalue weighted by Crippen LogP contribution is -2.10. The Morgan fingerprint density at radius 3 is 2.40 bits per heavy atom. The van der Waals surface area contributed by atoms with Crippen molar-refractivity contribution in [3.8, 4) is 0 Å². The Kier molecular flexibility index (Phi) is 1.99. The van der Waals surface area contributed by atoms with Gasteiger partial charge in [-0.1, -0.05) is 0 Å². The summed E-state index contributed by atoms with van der Waals surface area (Å²) in [6.45, 7) is 0. The quantitative estimate of drug-likeness (QED) is 0.596. The Balaban J connectivity index is 2.76. The molecule has 0 saturated heterocycles. The summed E-state index contributed by atoms with van der Waals surface area (Å²) in [6, 6.07) is 4.57. The molecule has 0 aliphatic heterocycles. The van der Waals surface area contributed by atoms with Crippen molar-refractivity contribution in [3.63, 3.8) is 0 Å². The number of aromatic nitrogens is 1. The zero-order valence-electron chi connectivity index (χ0n) is 7.77. The zero-order valence-corrected chi connectivity index (χ0v) is 7.77. The Morgan fingerprint density at radius 1 is 1.13 bits per heavy atom. The van der Waals surface area contributed by atoms with E-state index in [4.69, 9.17) is 0 Å². The molecular formula is C10H7F4N. The third-order valence-electron chi connectivity index (χ3n) is 2.30. The molecule has 0 aliphatic carbocycles. The van der Waals surface area contributed by atoms with Gasteiger partial charge in [-0.05, 0) is 24.3 Å². The van der Waals surface area contributed by atoms with Gasteiger partial charge in [-0.2, -0.15) is 13.2 Å². The van der Waals surface area contributed by atoms with Crippen LogP contribution in [0, 0.1) is 5.82 Å². The summed E-state index contributed by atoms with van der Waals surface area (Å²) in [4.78, 5) is 0. The fourth-order valence-corrected chi connectivity index (χ4v) is 1.58. The molecule has 5 heteroatoms. The van der Waals surface area contributed by atoms with Gasteiger partial charge >= 0.3 is 6.18 Å². The number of nitrogens with zero attached hydrogens (tertiary/aromatic N) is 1. The second-order valence-corrected chi connectivity index (χ2v) is 3.29. The second-order valence-electron chi connectivity index (χ2n) is 3.29. The van der Waals surface area contributed by atoms with E-state index >= 15 is 0 Å². The number of alkyl halides is 3. The van der Waals surface area contributed by atoms with Crippen molar-refractivity contribution in [2.24, 2.45) is 7.05 Å². The molecule has 2 aromatic rings. The van der Waals surface area contributed by atoms with Crippen LogP contribution in [0.2, 0.25) is 0 Å². The molecule has 0 spiro atoms. The van der Waals surface area contributed by atoms with Gasteiger partial charge in [0, 0.05) is 12.4 Å². The molecule has 0 atom stereocenters. The van der Waals surface area contributed by atoms with Gasteiger partial charge in [0.2, 0.25) is 0 Å². The fourth-order valence-electron chi connectivity index (χ4n) is 1.58. The number of rotatable bonds is 0. The first-order valence-corrected chi connectivity index (χ1v) is 4.22. The van der Waals surface area contributed by atoms with Gasteiger partial charge in [0.05, 0.1) is 5.52 Å². The first kappa shape index (κ1) is 10.0. The molecule has 1 aromatic carbocycles. The molecule has 1 aromatic heterocycles. The molecule has 0 N–H and O–H groups in total. The molecular weight excluding hydrogens is 210 g/mol. The van der Waals surface area contributed by atoms with Crippen molar-refractivity contribution >= 4 is 10.9 Å². The van der Waals surface area contributed by atoms with Gasteiger partial charge in [0.1, 0.15) is 11.5 Å². The third kappa shape index (κ3) is 1.58. The summed E-state index contributed by atoms with van der Waals surface area (Å²) < 4.78 is 51.2. The lowest BCUT2D eigenvalue weighted by atomic mass is 10.2. The first-order chi connectivity index (χ1) is 6.89. The zero-order chi connectivity index (χ0) is 11.2. The molecule has 0 unspecified atom stereocenters. The van der Waals surface area contributed by atoms with Gasteiger partial charge < -0.3 is 4.57 Å². The van der Waals surface area contributed by atoms with Crippen LogP contribution in [0.25, 0.3) is 10.9 Å². The minimum Gasteiger partial charge on any atom is -0.340 e.